The fourth-order valence-corrected chi connectivity index (χ4v) is 4.41. The lowest BCUT2D eigenvalue weighted by Crippen LogP contribution is -2.22. The second kappa shape index (κ2) is 5.66. The number of benzene rings is 1. The first kappa shape index (κ1) is 13.3. The molecule has 1 fully saturated rings. The summed E-state index contributed by atoms with van der Waals surface area (Å²) in [7, 11) is 0. The van der Waals surface area contributed by atoms with E-state index in [1.807, 2.05) is 23.9 Å². The van der Waals surface area contributed by atoms with Crippen molar-refractivity contribution in [1.29, 1.82) is 0 Å². The standard InChI is InChI=1S/C14H20BrNS/c1-9-3-5-12(7-10(9)2)17-14-6-4-11(16)8-13(14)15/h4,6,8-10,12H,3,5,7,16H2,1-2H3. The van der Waals surface area contributed by atoms with Crippen LogP contribution in [0.15, 0.2) is 27.6 Å². The van der Waals surface area contributed by atoms with Crippen molar-refractivity contribution in [2.24, 2.45) is 11.8 Å². The Morgan fingerprint density at radius 1 is 1.24 bits per heavy atom. The second-order valence-corrected chi connectivity index (χ2v) is 7.39. The van der Waals surface area contributed by atoms with Gasteiger partial charge in [0.2, 0.25) is 0 Å². The Labute approximate surface area is 117 Å². The van der Waals surface area contributed by atoms with Gasteiger partial charge in [-0.1, -0.05) is 13.8 Å². The number of rotatable bonds is 2. The van der Waals surface area contributed by atoms with Gasteiger partial charge in [0, 0.05) is 20.3 Å². The maximum absolute atomic E-state index is 5.76. The Morgan fingerprint density at radius 3 is 2.65 bits per heavy atom. The minimum atomic E-state index is 0.765. The van der Waals surface area contributed by atoms with Gasteiger partial charge in [0.25, 0.3) is 0 Å². The maximum atomic E-state index is 5.76. The zero-order chi connectivity index (χ0) is 12.4. The lowest BCUT2D eigenvalue weighted by atomic mass is 9.81. The van der Waals surface area contributed by atoms with Crippen molar-refractivity contribution < 1.29 is 0 Å². The van der Waals surface area contributed by atoms with Crippen molar-refractivity contribution >= 4 is 33.4 Å². The molecule has 0 bridgehead atoms. The summed E-state index contributed by atoms with van der Waals surface area (Å²) in [6.07, 6.45) is 4.04. The molecule has 2 N–H and O–H groups in total. The van der Waals surface area contributed by atoms with Crippen molar-refractivity contribution in [1.82, 2.24) is 0 Å². The van der Waals surface area contributed by atoms with E-state index >= 15 is 0 Å². The third kappa shape index (κ3) is 3.41. The van der Waals surface area contributed by atoms with E-state index in [1.165, 1.54) is 24.2 Å². The molecule has 1 saturated carbocycles. The molecule has 3 atom stereocenters. The summed E-state index contributed by atoms with van der Waals surface area (Å²) in [4.78, 5) is 1.32. The molecule has 1 nitrogen and oxygen atoms in total. The van der Waals surface area contributed by atoms with Crippen LogP contribution in [0, 0.1) is 11.8 Å². The van der Waals surface area contributed by atoms with E-state index < -0.39 is 0 Å². The Bertz CT molecular complexity index is 394. The number of hydrogen-bond donors (Lipinski definition) is 1. The van der Waals surface area contributed by atoms with Gasteiger partial charge in [-0.2, -0.15) is 0 Å². The Kier molecular flexibility index (Phi) is 4.42. The topological polar surface area (TPSA) is 26.0 Å². The minimum Gasteiger partial charge on any atom is -0.399 e. The molecule has 2 rings (SSSR count). The lowest BCUT2D eigenvalue weighted by Gasteiger charge is -2.31. The first-order chi connectivity index (χ1) is 8.06. The normalized spacial score (nSPS) is 29.2. The molecule has 3 heteroatoms. The van der Waals surface area contributed by atoms with Crippen molar-refractivity contribution in [2.45, 2.75) is 43.3 Å². The second-order valence-electron chi connectivity index (χ2n) is 5.20. The Balaban J connectivity index is 2.01. The summed E-state index contributed by atoms with van der Waals surface area (Å²) in [5, 5.41) is 0.765. The lowest BCUT2D eigenvalue weighted by molar-refractivity contribution is 0.283. The zero-order valence-electron chi connectivity index (χ0n) is 10.4. The third-order valence-electron chi connectivity index (χ3n) is 3.80. The van der Waals surface area contributed by atoms with Gasteiger partial charge in [0.1, 0.15) is 0 Å². The number of nitrogen functional groups attached to an aromatic ring is 1. The van der Waals surface area contributed by atoms with Crippen LogP contribution in [0.3, 0.4) is 0 Å². The molecule has 0 radical (unpaired) electrons. The van der Waals surface area contributed by atoms with Crippen LogP contribution in [-0.4, -0.2) is 5.25 Å². The smallest absolute Gasteiger partial charge is 0.0331 e. The molecule has 0 saturated heterocycles. The minimum absolute atomic E-state index is 0.765. The average molecular weight is 314 g/mol. The first-order valence-electron chi connectivity index (χ1n) is 6.28. The molecule has 1 aromatic carbocycles. The van der Waals surface area contributed by atoms with E-state index in [-0.39, 0.29) is 0 Å². The van der Waals surface area contributed by atoms with Crippen LogP contribution in [0.5, 0.6) is 0 Å². The van der Waals surface area contributed by atoms with Gasteiger partial charge in [-0.3, -0.25) is 0 Å². The molecule has 0 spiro atoms. The number of nitrogens with two attached hydrogens (primary N) is 1. The molecule has 0 aliphatic heterocycles. The molecule has 1 aliphatic carbocycles. The van der Waals surface area contributed by atoms with E-state index in [2.05, 4.69) is 35.8 Å². The van der Waals surface area contributed by atoms with Gasteiger partial charge >= 0.3 is 0 Å². The van der Waals surface area contributed by atoms with E-state index in [9.17, 15) is 0 Å². The SMILES string of the molecule is CC1CCC(Sc2ccc(N)cc2Br)CC1C. The summed E-state index contributed by atoms with van der Waals surface area (Å²) in [6, 6.07) is 6.12. The van der Waals surface area contributed by atoms with Crippen molar-refractivity contribution in [3.8, 4) is 0 Å². The molecule has 1 aliphatic rings. The van der Waals surface area contributed by atoms with Crippen LogP contribution in [0.25, 0.3) is 0 Å². The number of halogens is 1. The van der Waals surface area contributed by atoms with Gasteiger partial charge in [0.05, 0.1) is 0 Å². The van der Waals surface area contributed by atoms with Gasteiger partial charge < -0.3 is 5.73 Å². The van der Waals surface area contributed by atoms with Gasteiger partial charge in [-0.25, -0.2) is 0 Å². The molecule has 0 aromatic heterocycles. The highest BCUT2D eigenvalue weighted by Gasteiger charge is 2.25. The fraction of sp³-hybridized carbons (Fsp3) is 0.571. The van der Waals surface area contributed by atoms with Crippen LogP contribution in [0.1, 0.15) is 33.1 Å². The highest BCUT2D eigenvalue weighted by Crippen LogP contribution is 2.41. The molecule has 17 heavy (non-hydrogen) atoms. The highest BCUT2D eigenvalue weighted by molar-refractivity contribution is 9.10. The quantitative estimate of drug-likeness (QED) is 0.782. The number of hydrogen-bond acceptors (Lipinski definition) is 2. The summed E-state index contributed by atoms with van der Waals surface area (Å²) < 4.78 is 1.13. The summed E-state index contributed by atoms with van der Waals surface area (Å²) in [6.45, 7) is 4.76. The molecule has 0 heterocycles. The van der Waals surface area contributed by atoms with Crippen LogP contribution in [0.4, 0.5) is 5.69 Å². The van der Waals surface area contributed by atoms with Crippen molar-refractivity contribution in [3.05, 3.63) is 22.7 Å². The van der Waals surface area contributed by atoms with Crippen LogP contribution in [0.2, 0.25) is 0 Å². The van der Waals surface area contributed by atoms with Crippen LogP contribution in [-0.2, 0) is 0 Å². The largest absolute Gasteiger partial charge is 0.399 e. The molecule has 3 unspecified atom stereocenters. The molecule has 0 amide bonds. The van der Waals surface area contributed by atoms with Crippen LogP contribution >= 0.6 is 27.7 Å². The molecular weight excluding hydrogens is 294 g/mol. The van der Waals surface area contributed by atoms with Gasteiger partial charge in [0.15, 0.2) is 0 Å². The zero-order valence-corrected chi connectivity index (χ0v) is 12.9. The molecular formula is C14H20BrNS. The summed E-state index contributed by atoms with van der Waals surface area (Å²) in [5.41, 5.74) is 6.59. The average Bonchev–Trinajstić information content (AvgIpc) is 2.27. The monoisotopic (exact) mass is 313 g/mol. The third-order valence-corrected chi connectivity index (χ3v) is 6.09. The van der Waals surface area contributed by atoms with Crippen LogP contribution < -0.4 is 5.73 Å². The van der Waals surface area contributed by atoms with E-state index in [0.717, 1.165) is 27.2 Å². The highest BCUT2D eigenvalue weighted by atomic mass is 79.9. The summed E-state index contributed by atoms with van der Waals surface area (Å²) >= 11 is 5.60. The number of anilines is 1. The molecule has 1 aromatic rings. The summed E-state index contributed by atoms with van der Waals surface area (Å²) in [5.74, 6) is 1.75. The fourth-order valence-electron chi connectivity index (χ4n) is 2.40. The molecule has 94 valence electrons. The van der Waals surface area contributed by atoms with E-state index in [1.54, 1.807) is 0 Å². The van der Waals surface area contributed by atoms with Crippen molar-refractivity contribution in [2.75, 3.05) is 5.73 Å². The van der Waals surface area contributed by atoms with Crippen molar-refractivity contribution in [3.63, 3.8) is 0 Å². The van der Waals surface area contributed by atoms with E-state index in [4.69, 9.17) is 5.73 Å². The Hall–Kier alpha value is -0.150. The predicted octanol–water partition coefficient (Wildman–Crippen LogP) is 4.95. The Morgan fingerprint density at radius 2 is 2.00 bits per heavy atom. The van der Waals surface area contributed by atoms with Gasteiger partial charge in [-0.05, 0) is 65.2 Å². The van der Waals surface area contributed by atoms with Gasteiger partial charge in [-0.15, -0.1) is 11.8 Å². The predicted molar refractivity (Wildman–Crippen MR) is 80.4 cm³/mol. The first-order valence-corrected chi connectivity index (χ1v) is 7.95. The van der Waals surface area contributed by atoms with E-state index in [0.29, 0.717) is 0 Å². The maximum Gasteiger partial charge on any atom is 0.0331 e. The number of thioether (sulfide) groups is 1.